The predicted octanol–water partition coefficient (Wildman–Crippen LogP) is 6.52. The average Bonchev–Trinajstić information content (AvgIpc) is 2.92. The molecule has 1 fully saturated rings. The number of benzene rings is 4. The van der Waals surface area contributed by atoms with Gasteiger partial charge in [0.15, 0.2) is 0 Å². The molecule has 0 unspecified atom stereocenters. The van der Waals surface area contributed by atoms with E-state index in [2.05, 4.69) is 72.8 Å². The smallest absolute Gasteiger partial charge is 0.146 e. The van der Waals surface area contributed by atoms with Gasteiger partial charge in [-0.25, -0.2) is 0 Å². The lowest BCUT2D eigenvalue weighted by Gasteiger charge is -2.57. The summed E-state index contributed by atoms with van der Waals surface area (Å²) in [5.74, 6) is -0.936. The summed E-state index contributed by atoms with van der Waals surface area (Å²) in [6.07, 6.45) is 0. The number of rotatable bonds is 2. The van der Waals surface area contributed by atoms with E-state index in [-0.39, 0.29) is 47.1 Å². The Morgan fingerprint density at radius 2 is 0.667 bits per heavy atom. The van der Waals surface area contributed by atoms with Gasteiger partial charge in [0.2, 0.25) is 0 Å². The molecule has 2 bridgehead atoms. The van der Waals surface area contributed by atoms with Gasteiger partial charge in [-0.3, -0.25) is 9.59 Å². The first-order valence-corrected chi connectivity index (χ1v) is 12.9. The zero-order valence-electron chi connectivity index (χ0n) is 19.7. The highest BCUT2D eigenvalue weighted by molar-refractivity contribution is 6.22. The maximum absolute atomic E-state index is 14.6. The minimum absolute atomic E-state index is 0.0531. The molecule has 0 heterocycles. The molecular weight excluding hydrogens is 440 g/mol. The molecule has 0 amide bonds. The van der Waals surface area contributed by atoms with Crippen LogP contribution in [0.1, 0.15) is 45.2 Å². The summed E-state index contributed by atoms with van der Waals surface area (Å²) < 4.78 is 0. The van der Waals surface area contributed by atoms with Crippen LogP contribution in [0.3, 0.4) is 0 Å². The van der Waals surface area contributed by atoms with E-state index >= 15 is 0 Å². The fraction of sp³-hybridized carbons (Fsp3) is 0.176. The molecule has 172 valence electrons. The third-order valence-corrected chi connectivity index (χ3v) is 9.12. The topological polar surface area (TPSA) is 34.1 Å². The van der Waals surface area contributed by atoms with Crippen LogP contribution in [-0.2, 0) is 9.59 Å². The summed E-state index contributed by atoms with van der Waals surface area (Å²) in [7, 11) is 0. The van der Waals surface area contributed by atoms with Gasteiger partial charge in [0.25, 0.3) is 0 Å². The molecule has 2 nitrogen and oxygen atoms in total. The lowest BCUT2D eigenvalue weighted by molar-refractivity contribution is -0.146. The zero-order chi connectivity index (χ0) is 24.0. The minimum Gasteiger partial charge on any atom is -0.299 e. The van der Waals surface area contributed by atoms with Crippen molar-refractivity contribution in [3.63, 3.8) is 0 Å². The van der Waals surface area contributed by atoms with E-state index in [1.54, 1.807) is 0 Å². The van der Waals surface area contributed by atoms with Gasteiger partial charge in [0.05, 0.1) is 11.8 Å². The number of hydrogen-bond acceptors (Lipinski definition) is 2. The Balaban J connectivity index is 1.36. The third-order valence-electron chi connectivity index (χ3n) is 9.12. The number of carbonyl (C=O) groups is 2. The van der Waals surface area contributed by atoms with Crippen LogP contribution in [0, 0.1) is 23.7 Å². The Kier molecular flexibility index (Phi) is 4.06. The van der Waals surface area contributed by atoms with E-state index in [0.717, 1.165) is 22.3 Å². The number of fused-ring (bicyclic) bond motifs is 1. The van der Waals surface area contributed by atoms with E-state index < -0.39 is 0 Å². The maximum atomic E-state index is 14.6. The molecule has 36 heavy (non-hydrogen) atoms. The first kappa shape index (κ1) is 20.2. The molecule has 0 spiro atoms. The highest BCUT2D eigenvalue weighted by Crippen LogP contribution is 2.66. The molecule has 0 aliphatic heterocycles. The summed E-state index contributed by atoms with van der Waals surface area (Å²) in [5, 5.41) is 0. The molecule has 4 aromatic carbocycles. The molecule has 0 saturated heterocycles. The van der Waals surface area contributed by atoms with E-state index in [1.165, 1.54) is 22.3 Å². The molecule has 2 heteroatoms. The van der Waals surface area contributed by atoms with Crippen LogP contribution < -0.4 is 0 Å². The fourth-order valence-corrected chi connectivity index (χ4v) is 7.87. The SMILES string of the molecule is O=C1[C@H]2C(c3ccccc3)=C(c3ccccc3)[C@@H]2C(=O)[C@H]2C3c4ccccc4C(c4ccccc43)[C@@H]12. The van der Waals surface area contributed by atoms with Crippen molar-refractivity contribution < 1.29 is 9.59 Å². The largest absolute Gasteiger partial charge is 0.299 e. The molecule has 4 aromatic rings. The summed E-state index contributed by atoms with van der Waals surface area (Å²) in [4.78, 5) is 29.1. The van der Waals surface area contributed by atoms with Crippen LogP contribution in [0.25, 0.3) is 11.1 Å². The standard InChI is InChI=1S/C34H24O2/c35-33-29-25(19-11-3-1-4-12-19)26(20-13-5-2-6-14-20)30(29)34(36)32-28-23-17-9-7-15-21(23)27(31(32)33)22-16-8-10-18-24(22)28/h1-18,27-32H/t27?,28?,29-,30-,31-,32+/m0/s1. The van der Waals surface area contributed by atoms with Crippen molar-refractivity contribution in [1.82, 2.24) is 0 Å². The van der Waals surface area contributed by atoms with Gasteiger partial charge < -0.3 is 0 Å². The van der Waals surface area contributed by atoms with Gasteiger partial charge in [-0.15, -0.1) is 0 Å². The lowest BCUT2D eigenvalue weighted by atomic mass is 9.43. The quantitative estimate of drug-likeness (QED) is 0.339. The molecule has 1 saturated carbocycles. The predicted molar refractivity (Wildman–Crippen MR) is 140 cm³/mol. The Labute approximate surface area is 210 Å². The second-order valence-corrected chi connectivity index (χ2v) is 10.6. The van der Waals surface area contributed by atoms with Crippen LogP contribution >= 0.6 is 0 Å². The first-order chi connectivity index (χ1) is 17.8. The third kappa shape index (κ3) is 2.42. The summed E-state index contributed by atoms with van der Waals surface area (Å²) in [6.45, 7) is 0. The van der Waals surface area contributed by atoms with Crippen LogP contribution in [0.5, 0.6) is 0 Å². The minimum atomic E-state index is -0.366. The van der Waals surface area contributed by atoms with Gasteiger partial charge in [-0.05, 0) is 44.5 Å². The summed E-state index contributed by atoms with van der Waals surface area (Å²) >= 11 is 0. The number of hydrogen-bond donors (Lipinski definition) is 0. The van der Waals surface area contributed by atoms with Crippen LogP contribution in [0.4, 0.5) is 0 Å². The number of ketones is 2. The molecule has 0 aromatic heterocycles. The van der Waals surface area contributed by atoms with Crippen molar-refractivity contribution in [1.29, 1.82) is 0 Å². The second-order valence-electron chi connectivity index (χ2n) is 10.6. The highest BCUT2D eigenvalue weighted by atomic mass is 16.1. The fourth-order valence-electron chi connectivity index (χ4n) is 7.87. The molecule has 0 radical (unpaired) electrons. The Morgan fingerprint density at radius 1 is 0.361 bits per heavy atom. The van der Waals surface area contributed by atoms with Gasteiger partial charge in [0.1, 0.15) is 11.6 Å². The van der Waals surface area contributed by atoms with Gasteiger partial charge in [0, 0.05) is 23.7 Å². The Morgan fingerprint density at radius 3 is 1.00 bits per heavy atom. The molecular formula is C34H24O2. The number of Topliss-reactive ketones (excluding diaryl/α,β-unsaturated/α-hetero) is 2. The number of carbonyl (C=O) groups excluding carboxylic acids is 2. The van der Waals surface area contributed by atoms with E-state index in [1.807, 2.05) is 36.4 Å². The van der Waals surface area contributed by atoms with Gasteiger partial charge in [-0.2, -0.15) is 0 Å². The Bertz CT molecular complexity index is 1430. The second kappa shape index (κ2) is 7.24. The van der Waals surface area contributed by atoms with Gasteiger partial charge in [-0.1, -0.05) is 109 Å². The van der Waals surface area contributed by atoms with E-state index in [0.29, 0.717) is 0 Å². The van der Waals surface area contributed by atoms with E-state index in [4.69, 9.17) is 0 Å². The van der Waals surface area contributed by atoms with Crippen molar-refractivity contribution >= 4 is 22.7 Å². The average molecular weight is 465 g/mol. The Hall–Kier alpha value is -4.04. The monoisotopic (exact) mass is 464 g/mol. The van der Waals surface area contributed by atoms with Crippen molar-refractivity contribution in [2.75, 3.05) is 0 Å². The normalized spacial score (nSPS) is 29.1. The van der Waals surface area contributed by atoms with Crippen molar-refractivity contribution in [3.8, 4) is 0 Å². The molecule has 9 rings (SSSR count). The van der Waals surface area contributed by atoms with Crippen molar-refractivity contribution in [3.05, 3.63) is 143 Å². The lowest BCUT2D eigenvalue weighted by Crippen LogP contribution is -2.59. The summed E-state index contributed by atoms with van der Waals surface area (Å²) in [6, 6.07) is 37.4. The first-order valence-electron chi connectivity index (χ1n) is 12.9. The van der Waals surface area contributed by atoms with Crippen LogP contribution in [-0.4, -0.2) is 11.6 Å². The zero-order valence-corrected chi connectivity index (χ0v) is 19.7. The maximum Gasteiger partial charge on any atom is 0.146 e. The van der Waals surface area contributed by atoms with E-state index in [9.17, 15) is 9.59 Å². The summed E-state index contributed by atoms with van der Waals surface area (Å²) in [5.41, 5.74) is 9.13. The molecule has 0 N–H and O–H groups in total. The van der Waals surface area contributed by atoms with Crippen LogP contribution in [0.15, 0.2) is 109 Å². The van der Waals surface area contributed by atoms with Crippen LogP contribution in [0.2, 0.25) is 0 Å². The molecule has 4 atom stereocenters. The number of allylic oxidation sites excluding steroid dienone is 2. The highest BCUT2D eigenvalue weighted by Gasteiger charge is 2.65. The van der Waals surface area contributed by atoms with Gasteiger partial charge >= 0.3 is 0 Å². The van der Waals surface area contributed by atoms with Crippen molar-refractivity contribution in [2.24, 2.45) is 23.7 Å². The molecule has 5 aliphatic rings. The molecule has 5 aliphatic carbocycles. The van der Waals surface area contributed by atoms with Crippen molar-refractivity contribution in [2.45, 2.75) is 11.8 Å².